The Morgan fingerprint density at radius 2 is 1.69 bits per heavy atom. The molecule has 0 aliphatic heterocycles. The maximum absolute atomic E-state index is 12.2. The van der Waals surface area contributed by atoms with Crippen LogP contribution in [-0.4, -0.2) is 25.0 Å². The van der Waals surface area contributed by atoms with E-state index >= 15 is 0 Å². The van der Waals surface area contributed by atoms with Crippen molar-refractivity contribution in [3.05, 3.63) is 52.5 Å². The van der Waals surface area contributed by atoms with Gasteiger partial charge in [-0.1, -0.05) is 29.3 Å². The van der Waals surface area contributed by atoms with E-state index < -0.39 is 0 Å². The average Bonchev–Trinajstić information content (AvgIpc) is 2.60. The fourth-order valence-electron chi connectivity index (χ4n) is 2.39. The van der Waals surface area contributed by atoms with Crippen molar-refractivity contribution in [2.75, 3.05) is 23.4 Å². The first kappa shape index (κ1) is 20.1. The van der Waals surface area contributed by atoms with E-state index in [1.54, 1.807) is 42.5 Å². The third kappa shape index (κ3) is 5.38. The van der Waals surface area contributed by atoms with Gasteiger partial charge in [-0.3, -0.25) is 9.59 Å². The lowest BCUT2D eigenvalue weighted by Gasteiger charge is -2.21. The van der Waals surface area contributed by atoms with Crippen LogP contribution in [0.3, 0.4) is 0 Å². The molecule has 2 aromatic carbocycles. The highest BCUT2D eigenvalue weighted by molar-refractivity contribution is 6.39. The number of carbonyl (C=O) groups is 2. The minimum absolute atomic E-state index is 0.105. The van der Waals surface area contributed by atoms with E-state index in [2.05, 4.69) is 5.32 Å². The minimum Gasteiger partial charge on any atom is -0.494 e. The molecule has 0 aliphatic rings. The van der Waals surface area contributed by atoms with E-state index in [1.807, 2.05) is 6.92 Å². The summed E-state index contributed by atoms with van der Waals surface area (Å²) < 4.78 is 5.40. The number of carbonyl (C=O) groups excluding carboxylic acids is 2. The lowest BCUT2D eigenvalue weighted by atomic mass is 10.2. The lowest BCUT2D eigenvalue weighted by Crippen LogP contribution is -2.32. The molecule has 2 amide bonds. The number of benzene rings is 2. The predicted octanol–water partition coefficient (Wildman–Crippen LogP) is 4.77. The summed E-state index contributed by atoms with van der Waals surface area (Å²) in [7, 11) is 0. The van der Waals surface area contributed by atoms with Gasteiger partial charge in [0.2, 0.25) is 11.8 Å². The van der Waals surface area contributed by atoms with Crippen LogP contribution in [-0.2, 0) is 9.59 Å². The highest BCUT2D eigenvalue weighted by Gasteiger charge is 2.15. The zero-order chi connectivity index (χ0) is 19.1. The Balaban J connectivity index is 2.02. The van der Waals surface area contributed by atoms with Crippen LogP contribution >= 0.6 is 23.2 Å². The van der Waals surface area contributed by atoms with Crippen molar-refractivity contribution in [2.24, 2.45) is 0 Å². The summed E-state index contributed by atoms with van der Waals surface area (Å²) in [5.41, 5.74) is 1.07. The highest BCUT2D eigenvalue weighted by atomic mass is 35.5. The maximum Gasteiger partial charge on any atom is 0.226 e. The normalized spacial score (nSPS) is 10.3. The van der Waals surface area contributed by atoms with E-state index in [9.17, 15) is 9.59 Å². The molecule has 0 saturated carbocycles. The van der Waals surface area contributed by atoms with E-state index in [0.29, 0.717) is 28.0 Å². The summed E-state index contributed by atoms with van der Waals surface area (Å²) in [5, 5.41) is 3.41. The SMILES string of the molecule is CCOc1ccc(N(CCC(=O)Nc2c(Cl)cccc2Cl)C(C)=O)cc1. The largest absolute Gasteiger partial charge is 0.494 e. The molecular formula is C19H20Cl2N2O3. The van der Waals surface area contributed by atoms with Crippen LogP contribution < -0.4 is 15.0 Å². The molecule has 0 unspecified atom stereocenters. The molecule has 0 atom stereocenters. The van der Waals surface area contributed by atoms with Gasteiger partial charge in [0.1, 0.15) is 5.75 Å². The quantitative estimate of drug-likeness (QED) is 0.735. The number of rotatable bonds is 7. The first-order valence-corrected chi connectivity index (χ1v) is 8.92. The number of ether oxygens (including phenoxy) is 1. The van der Waals surface area contributed by atoms with Crippen LogP contribution in [0.25, 0.3) is 0 Å². The molecule has 0 saturated heterocycles. The number of hydrogen-bond donors (Lipinski definition) is 1. The molecule has 1 N–H and O–H groups in total. The van der Waals surface area contributed by atoms with Crippen LogP contribution in [0, 0.1) is 0 Å². The van der Waals surface area contributed by atoms with Gasteiger partial charge in [0.25, 0.3) is 0 Å². The minimum atomic E-state index is -0.280. The average molecular weight is 395 g/mol. The Labute approximate surface area is 162 Å². The number of anilines is 2. The summed E-state index contributed by atoms with van der Waals surface area (Å²) in [4.78, 5) is 25.7. The molecular weight excluding hydrogens is 375 g/mol. The van der Waals surface area contributed by atoms with Gasteiger partial charge in [0.15, 0.2) is 0 Å². The second-order valence-electron chi connectivity index (χ2n) is 5.49. The van der Waals surface area contributed by atoms with Crippen LogP contribution in [0.15, 0.2) is 42.5 Å². The van der Waals surface area contributed by atoms with Crippen LogP contribution in [0.4, 0.5) is 11.4 Å². The first-order chi connectivity index (χ1) is 12.4. The van der Waals surface area contributed by atoms with Crippen molar-refractivity contribution >= 4 is 46.4 Å². The van der Waals surface area contributed by atoms with Gasteiger partial charge in [-0.25, -0.2) is 0 Å². The van der Waals surface area contributed by atoms with Crippen molar-refractivity contribution in [3.63, 3.8) is 0 Å². The number of halogens is 2. The van der Waals surface area contributed by atoms with Gasteiger partial charge in [-0.15, -0.1) is 0 Å². The molecule has 0 bridgehead atoms. The smallest absolute Gasteiger partial charge is 0.226 e. The fourth-order valence-corrected chi connectivity index (χ4v) is 2.88. The van der Waals surface area contributed by atoms with E-state index in [0.717, 1.165) is 5.75 Å². The molecule has 0 aliphatic carbocycles. The topological polar surface area (TPSA) is 58.6 Å². The highest BCUT2D eigenvalue weighted by Crippen LogP contribution is 2.30. The number of nitrogens with zero attached hydrogens (tertiary/aromatic N) is 1. The summed E-state index contributed by atoms with van der Waals surface area (Å²) in [6.45, 7) is 4.16. The number of nitrogens with one attached hydrogen (secondary N) is 1. The standard InChI is InChI=1S/C19H20Cl2N2O3/c1-3-26-15-9-7-14(8-10-15)23(13(2)24)12-11-18(25)22-19-16(20)5-4-6-17(19)21/h4-10H,3,11-12H2,1-2H3,(H,22,25). The molecule has 7 heteroatoms. The van der Waals surface area contributed by atoms with E-state index in [-0.39, 0.29) is 24.8 Å². The van der Waals surface area contributed by atoms with E-state index in [4.69, 9.17) is 27.9 Å². The van der Waals surface area contributed by atoms with Gasteiger partial charge >= 0.3 is 0 Å². The first-order valence-electron chi connectivity index (χ1n) is 8.17. The van der Waals surface area contributed by atoms with Gasteiger partial charge in [0, 0.05) is 25.6 Å². The van der Waals surface area contributed by atoms with Crippen LogP contribution in [0.5, 0.6) is 5.75 Å². The second kappa shape index (κ2) is 9.46. The van der Waals surface area contributed by atoms with Gasteiger partial charge in [-0.2, -0.15) is 0 Å². The Morgan fingerprint density at radius 3 is 2.23 bits per heavy atom. The van der Waals surface area contributed by atoms with E-state index in [1.165, 1.54) is 11.8 Å². The van der Waals surface area contributed by atoms with Crippen molar-refractivity contribution in [3.8, 4) is 5.75 Å². The summed E-state index contributed by atoms with van der Waals surface area (Å²) in [6, 6.07) is 12.1. The Hall–Kier alpha value is -2.24. The van der Waals surface area contributed by atoms with Crippen molar-refractivity contribution in [1.29, 1.82) is 0 Å². The molecule has 26 heavy (non-hydrogen) atoms. The van der Waals surface area contributed by atoms with Gasteiger partial charge in [-0.05, 0) is 43.3 Å². The molecule has 138 valence electrons. The second-order valence-corrected chi connectivity index (χ2v) is 6.31. The lowest BCUT2D eigenvalue weighted by molar-refractivity contribution is -0.117. The van der Waals surface area contributed by atoms with Crippen LogP contribution in [0.2, 0.25) is 10.0 Å². The Morgan fingerprint density at radius 1 is 1.08 bits per heavy atom. The molecule has 0 radical (unpaired) electrons. The Bertz CT molecular complexity index is 759. The third-order valence-electron chi connectivity index (χ3n) is 3.63. The predicted molar refractivity (Wildman–Crippen MR) is 105 cm³/mol. The molecule has 0 heterocycles. The number of para-hydroxylation sites is 1. The zero-order valence-electron chi connectivity index (χ0n) is 14.6. The van der Waals surface area contributed by atoms with Crippen LogP contribution in [0.1, 0.15) is 20.3 Å². The molecule has 2 rings (SSSR count). The Kier molecular flexibility index (Phi) is 7.30. The summed E-state index contributed by atoms with van der Waals surface area (Å²) in [6.07, 6.45) is 0.105. The summed E-state index contributed by atoms with van der Waals surface area (Å²) in [5.74, 6) is 0.292. The number of hydrogen-bond acceptors (Lipinski definition) is 3. The van der Waals surface area contributed by atoms with Gasteiger partial charge < -0.3 is 15.0 Å². The molecule has 0 aromatic heterocycles. The molecule has 2 aromatic rings. The molecule has 0 spiro atoms. The number of amides is 2. The maximum atomic E-state index is 12.2. The van der Waals surface area contributed by atoms with Crippen molar-refractivity contribution in [2.45, 2.75) is 20.3 Å². The fraction of sp³-hybridized carbons (Fsp3) is 0.263. The van der Waals surface area contributed by atoms with Crippen molar-refractivity contribution < 1.29 is 14.3 Å². The monoisotopic (exact) mass is 394 g/mol. The van der Waals surface area contributed by atoms with Crippen molar-refractivity contribution in [1.82, 2.24) is 0 Å². The third-order valence-corrected chi connectivity index (χ3v) is 4.26. The zero-order valence-corrected chi connectivity index (χ0v) is 16.1. The molecule has 5 nitrogen and oxygen atoms in total. The van der Waals surface area contributed by atoms with Gasteiger partial charge in [0.05, 0.1) is 22.3 Å². The molecule has 0 fully saturated rings. The summed E-state index contributed by atoms with van der Waals surface area (Å²) >= 11 is 12.1.